The summed E-state index contributed by atoms with van der Waals surface area (Å²) in [6.07, 6.45) is 1.85. The second kappa shape index (κ2) is 8.52. The Balaban J connectivity index is 2.86. The zero-order chi connectivity index (χ0) is 15.8. The number of hydrogen-bond acceptors (Lipinski definition) is 2. The third-order valence-corrected chi connectivity index (χ3v) is 3.53. The van der Waals surface area contributed by atoms with Gasteiger partial charge in [0.15, 0.2) is 6.04 Å². The summed E-state index contributed by atoms with van der Waals surface area (Å²) in [5, 5.41) is 12.2. The number of carbonyl (C=O) groups excluding carboxylic acids is 1. The van der Waals surface area contributed by atoms with Crippen molar-refractivity contribution in [3.8, 4) is 0 Å². The van der Waals surface area contributed by atoms with E-state index in [0.29, 0.717) is 23.7 Å². The van der Waals surface area contributed by atoms with Crippen molar-refractivity contribution in [2.24, 2.45) is 0 Å². The summed E-state index contributed by atoms with van der Waals surface area (Å²) in [5.74, 6) is -1.14. The van der Waals surface area contributed by atoms with Crippen molar-refractivity contribution in [3.05, 3.63) is 34.9 Å². The summed E-state index contributed by atoms with van der Waals surface area (Å²) in [4.78, 5) is 25.2. The van der Waals surface area contributed by atoms with E-state index in [0.717, 1.165) is 12.8 Å². The number of carboxylic acid groups (broad SMARTS) is 1. The zero-order valence-electron chi connectivity index (χ0n) is 12.3. The van der Waals surface area contributed by atoms with Gasteiger partial charge in [-0.25, -0.2) is 9.59 Å². The monoisotopic (exact) mass is 312 g/mol. The predicted octanol–water partition coefficient (Wildman–Crippen LogP) is 3.30. The molecule has 0 fully saturated rings. The number of amides is 2. The fraction of sp³-hybridized carbons (Fsp3) is 0.467. The van der Waals surface area contributed by atoms with Gasteiger partial charge in [0.25, 0.3) is 0 Å². The second-order valence-corrected chi connectivity index (χ2v) is 5.08. The maximum atomic E-state index is 12.2. The Morgan fingerprint density at radius 2 is 2.00 bits per heavy atom. The molecule has 0 unspecified atom stereocenters. The molecule has 0 radical (unpaired) electrons. The summed E-state index contributed by atoms with van der Waals surface area (Å²) in [5.41, 5.74) is 0.381. The Morgan fingerprint density at radius 1 is 1.33 bits per heavy atom. The first-order valence-electron chi connectivity index (χ1n) is 7.03. The van der Waals surface area contributed by atoms with Gasteiger partial charge in [0.1, 0.15) is 0 Å². The molecular formula is C15H21ClN2O3. The lowest BCUT2D eigenvalue weighted by Gasteiger charge is -2.24. The molecular weight excluding hydrogens is 292 g/mol. The average Bonchev–Trinajstić information content (AvgIpc) is 2.46. The maximum absolute atomic E-state index is 12.2. The molecule has 2 N–H and O–H groups in total. The van der Waals surface area contributed by atoms with E-state index < -0.39 is 18.0 Å². The maximum Gasteiger partial charge on any atom is 0.331 e. The standard InChI is InChI=1S/C15H21ClN2O3/c1-3-5-10-18(4-2)15(21)17-13(14(19)20)11-8-6-7-9-12(11)16/h6-9,13H,3-5,10H2,1-2H3,(H,17,21)(H,19,20)/t13-/m1/s1. The summed E-state index contributed by atoms with van der Waals surface area (Å²) >= 11 is 6.02. The molecule has 0 saturated carbocycles. The lowest BCUT2D eigenvalue weighted by molar-refractivity contribution is -0.139. The van der Waals surface area contributed by atoms with Crippen LogP contribution in [0.15, 0.2) is 24.3 Å². The Bertz CT molecular complexity index is 494. The van der Waals surface area contributed by atoms with Crippen molar-refractivity contribution >= 4 is 23.6 Å². The van der Waals surface area contributed by atoms with Crippen molar-refractivity contribution in [3.63, 3.8) is 0 Å². The number of benzene rings is 1. The van der Waals surface area contributed by atoms with E-state index in [1.54, 1.807) is 29.2 Å². The number of hydrogen-bond donors (Lipinski definition) is 2. The van der Waals surface area contributed by atoms with Gasteiger partial charge in [-0.15, -0.1) is 0 Å². The van der Waals surface area contributed by atoms with Crippen LogP contribution in [0.2, 0.25) is 5.02 Å². The van der Waals surface area contributed by atoms with Crippen LogP contribution in [-0.4, -0.2) is 35.1 Å². The highest BCUT2D eigenvalue weighted by atomic mass is 35.5. The van der Waals surface area contributed by atoms with Crippen LogP contribution in [0.1, 0.15) is 38.3 Å². The quantitative estimate of drug-likeness (QED) is 0.811. The number of aliphatic carboxylic acids is 1. The van der Waals surface area contributed by atoms with Crippen LogP contribution >= 0.6 is 11.6 Å². The highest BCUT2D eigenvalue weighted by Gasteiger charge is 2.25. The summed E-state index contributed by atoms with van der Waals surface area (Å²) in [7, 11) is 0. The molecule has 0 heterocycles. The van der Waals surface area contributed by atoms with Gasteiger partial charge in [-0.1, -0.05) is 43.1 Å². The van der Waals surface area contributed by atoms with Crippen LogP contribution in [-0.2, 0) is 4.79 Å². The van der Waals surface area contributed by atoms with Gasteiger partial charge in [-0.05, 0) is 19.4 Å². The summed E-state index contributed by atoms with van der Waals surface area (Å²) in [6.45, 7) is 5.03. The number of rotatable bonds is 7. The van der Waals surface area contributed by atoms with Gasteiger partial charge >= 0.3 is 12.0 Å². The molecule has 2 amide bonds. The molecule has 5 nitrogen and oxygen atoms in total. The summed E-state index contributed by atoms with van der Waals surface area (Å²) < 4.78 is 0. The van der Waals surface area contributed by atoms with E-state index in [1.807, 2.05) is 13.8 Å². The third-order valence-electron chi connectivity index (χ3n) is 3.18. The van der Waals surface area contributed by atoms with Crippen LogP contribution in [0.4, 0.5) is 4.79 Å². The molecule has 1 rings (SSSR count). The molecule has 0 saturated heterocycles. The molecule has 1 aromatic rings. The predicted molar refractivity (Wildman–Crippen MR) is 82.5 cm³/mol. The molecule has 0 spiro atoms. The number of nitrogens with zero attached hydrogens (tertiary/aromatic N) is 1. The van der Waals surface area contributed by atoms with Crippen molar-refractivity contribution < 1.29 is 14.7 Å². The highest BCUT2D eigenvalue weighted by molar-refractivity contribution is 6.31. The van der Waals surface area contributed by atoms with E-state index in [4.69, 9.17) is 11.6 Å². The molecule has 0 aliphatic carbocycles. The molecule has 0 bridgehead atoms. The Hall–Kier alpha value is -1.75. The molecule has 0 aliphatic rings. The fourth-order valence-electron chi connectivity index (χ4n) is 1.95. The minimum Gasteiger partial charge on any atom is -0.479 e. The molecule has 21 heavy (non-hydrogen) atoms. The van der Waals surface area contributed by atoms with Crippen molar-refractivity contribution in [2.45, 2.75) is 32.7 Å². The van der Waals surface area contributed by atoms with Crippen molar-refractivity contribution in [2.75, 3.05) is 13.1 Å². The Kier molecular flexibility index (Phi) is 7.02. The third kappa shape index (κ3) is 4.93. The van der Waals surface area contributed by atoms with Crippen LogP contribution in [0.25, 0.3) is 0 Å². The van der Waals surface area contributed by atoms with Crippen LogP contribution in [0.3, 0.4) is 0 Å². The molecule has 0 aliphatic heterocycles. The zero-order valence-corrected chi connectivity index (χ0v) is 13.1. The van der Waals surface area contributed by atoms with E-state index >= 15 is 0 Å². The molecule has 0 aromatic heterocycles. The number of carbonyl (C=O) groups is 2. The first kappa shape index (κ1) is 17.3. The lowest BCUT2D eigenvalue weighted by atomic mass is 10.1. The van der Waals surface area contributed by atoms with E-state index in [2.05, 4.69) is 5.32 Å². The minimum atomic E-state index is -1.15. The van der Waals surface area contributed by atoms with Crippen molar-refractivity contribution in [1.29, 1.82) is 0 Å². The molecule has 6 heteroatoms. The SMILES string of the molecule is CCCCN(CC)C(=O)N[C@@H](C(=O)O)c1ccccc1Cl. The van der Waals surface area contributed by atoms with Gasteiger partial charge in [-0.2, -0.15) is 0 Å². The van der Waals surface area contributed by atoms with Gasteiger partial charge in [0.05, 0.1) is 0 Å². The van der Waals surface area contributed by atoms with Gasteiger partial charge in [0.2, 0.25) is 0 Å². The van der Waals surface area contributed by atoms with E-state index in [1.165, 1.54) is 0 Å². The summed E-state index contributed by atoms with van der Waals surface area (Å²) in [6, 6.07) is 5.07. The number of carboxylic acids is 1. The minimum absolute atomic E-state index is 0.321. The second-order valence-electron chi connectivity index (χ2n) is 4.68. The molecule has 1 atom stereocenters. The largest absolute Gasteiger partial charge is 0.479 e. The van der Waals surface area contributed by atoms with E-state index in [-0.39, 0.29) is 0 Å². The normalized spacial score (nSPS) is 11.8. The van der Waals surface area contributed by atoms with Crippen LogP contribution < -0.4 is 5.32 Å². The topological polar surface area (TPSA) is 69.6 Å². The smallest absolute Gasteiger partial charge is 0.331 e. The fourth-order valence-corrected chi connectivity index (χ4v) is 2.19. The number of urea groups is 1. The first-order chi connectivity index (χ1) is 10.0. The van der Waals surface area contributed by atoms with Crippen molar-refractivity contribution in [1.82, 2.24) is 10.2 Å². The van der Waals surface area contributed by atoms with E-state index in [9.17, 15) is 14.7 Å². The number of unbranched alkanes of at least 4 members (excludes halogenated alkanes) is 1. The highest BCUT2D eigenvalue weighted by Crippen LogP contribution is 2.23. The van der Waals surface area contributed by atoms with Gasteiger partial charge < -0.3 is 15.3 Å². The number of nitrogens with one attached hydrogen (secondary N) is 1. The average molecular weight is 313 g/mol. The van der Waals surface area contributed by atoms with Gasteiger partial charge in [0, 0.05) is 23.7 Å². The lowest BCUT2D eigenvalue weighted by Crippen LogP contribution is -2.44. The van der Waals surface area contributed by atoms with Crippen LogP contribution in [0.5, 0.6) is 0 Å². The molecule has 116 valence electrons. The van der Waals surface area contributed by atoms with Crippen LogP contribution in [0, 0.1) is 0 Å². The van der Waals surface area contributed by atoms with Gasteiger partial charge in [-0.3, -0.25) is 0 Å². The first-order valence-corrected chi connectivity index (χ1v) is 7.41. The Morgan fingerprint density at radius 3 is 2.52 bits per heavy atom. The Labute approximate surface area is 129 Å². The number of halogens is 1. The molecule has 1 aromatic carbocycles.